The molecule has 7 heterocycles. The van der Waals surface area contributed by atoms with Crippen molar-refractivity contribution in [2.24, 2.45) is 11.8 Å². The molecule has 121 heavy (non-hydrogen) atoms. The van der Waals surface area contributed by atoms with Crippen molar-refractivity contribution in [1.29, 1.82) is 0 Å². The van der Waals surface area contributed by atoms with Crippen molar-refractivity contribution in [2.45, 2.75) is 175 Å². The number of hydrogen-bond donors (Lipinski definition) is 21. The fraction of sp³-hybridized carbons (Fsp3) is 0.386. The van der Waals surface area contributed by atoms with Gasteiger partial charge in [0.15, 0.2) is 35.3 Å². The van der Waals surface area contributed by atoms with E-state index in [0.29, 0.717) is 18.8 Å². The predicted octanol–water partition coefficient (Wildman–Crippen LogP) is 5.05. The summed E-state index contributed by atoms with van der Waals surface area (Å²) in [7, 11) is 1.38. The van der Waals surface area contributed by atoms with Crippen LogP contribution in [0, 0.1) is 18.4 Å². The number of unbranched alkanes of at least 4 members (excludes halogenated alkanes) is 5. The van der Waals surface area contributed by atoms with Crippen LogP contribution in [0.5, 0.6) is 69.0 Å². The van der Waals surface area contributed by atoms with Gasteiger partial charge in [-0.2, -0.15) is 6.61 Å². The summed E-state index contributed by atoms with van der Waals surface area (Å²) >= 11 is 14.4. The number of amides is 7. The third-order valence-corrected chi connectivity index (χ3v) is 22.3. The molecule has 1 radical (unpaired) electrons. The van der Waals surface area contributed by atoms with Crippen molar-refractivity contribution in [3.05, 3.63) is 171 Å². The maximum absolute atomic E-state index is 16.6. The Kier molecular flexibility index (Phi) is 28.6. The van der Waals surface area contributed by atoms with Gasteiger partial charge in [0, 0.05) is 80.5 Å². The fourth-order valence-electron chi connectivity index (χ4n) is 15.3. The molecule has 1 aliphatic carbocycles. The van der Waals surface area contributed by atoms with Crippen molar-refractivity contribution in [1.82, 2.24) is 42.5 Å². The zero-order valence-electron chi connectivity index (χ0n) is 65.0. The van der Waals surface area contributed by atoms with E-state index in [1.807, 2.05) is 0 Å². The molecule has 2 fully saturated rings. The van der Waals surface area contributed by atoms with Gasteiger partial charge in [0.05, 0.1) is 22.3 Å². The summed E-state index contributed by atoms with van der Waals surface area (Å²) in [6.07, 6.45) is -11.8. The molecule has 0 spiro atoms. The first-order valence-corrected chi connectivity index (χ1v) is 39.4. The van der Waals surface area contributed by atoms with E-state index >= 15 is 24.0 Å². The number of halogens is 2. The molecule has 38 heteroatoms. The van der Waals surface area contributed by atoms with E-state index in [0.717, 1.165) is 124 Å². The topological polar surface area (TPSA) is 551 Å². The van der Waals surface area contributed by atoms with Gasteiger partial charge in [0.2, 0.25) is 47.1 Å². The predicted molar refractivity (Wildman–Crippen MR) is 421 cm³/mol. The Hall–Kier alpha value is -10.2. The number of carbonyl (C=O) groups excluding carboxylic acids is 7. The standard InChI is InChI=1S/C83H89Cl2N8O27.Y/c1-34(2)10-8-6-4-5-7-9-11-59(100)87-68-72(104)51(99)33-115-83(68)120-75-57-26-40-27-58(75)118-53-19-15-38(24-48(53)85)70(102)67-81(112)91-65(82(113)114)46-30-43(96)31-55(119-56-28-41(32-94)71(103)74(106)73(56)105)60(46)45-22-35(12-16-49(45)97)62(77(108)93-67)88-79(110)64(40)89-78(109)63-39-20-42(95)29-44(21-39)116-54-25-36(13-17-50(54)98)61(86-3)76(107)92-66(80(111)90-63)69(101)37-14-18-52(117-57)47(84)23-37;/h12-27,29-31,33-34,41,51,56,61-74,83,86,94-99,101-106H,4-11,28,32H2,1-3H3,(H,87,100)(H,88,110)(H,89,109)(H,90,111)(H,91,112)(H,92,107)(H,93,108)(H,113,114);/q-1;/t41?,51?,56?,61-,62-,63+,64-,65+,66-,67+,68?,69-,70-,71?,72?,73?,74?,83?;/m1./s1. The molecule has 1 saturated carbocycles. The van der Waals surface area contributed by atoms with Crippen LogP contribution in [0.2, 0.25) is 10.0 Å². The Bertz CT molecular complexity index is 5110. The maximum atomic E-state index is 16.6. The number of aliphatic hydroxyl groups is 8. The first-order valence-electron chi connectivity index (χ1n) is 38.6. The second-order valence-electron chi connectivity index (χ2n) is 30.6. The van der Waals surface area contributed by atoms with E-state index < -0.39 is 254 Å². The summed E-state index contributed by atoms with van der Waals surface area (Å²) in [4.78, 5) is 122. The number of fused-ring (bicyclic) bond motifs is 14. The zero-order chi connectivity index (χ0) is 86.0. The Balaban J connectivity index is 0.0000134. The Morgan fingerprint density at radius 1 is 0.545 bits per heavy atom. The molecule has 7 aliphatic heterocycles. The maximum Gasteiger partial charge on any atom is 0.330 e. The van der Waals surface area contributed by atoms with Gasteiger partial charge in [-0.25, -0.2) is 4.79 Å². The molecule has 7 amide bonds. The van der Waals surface area contributed by atoms with E-state index in [1.165, 1.54) is 37.4 Å². The average Bonchev–Trinajstić information content (AvgIpc) is 0.673. The van der Waals surface area contributed by atoms with Crippen LogP contribution < -0.4 is 66.2 Å². The van der Waals surface area contributed by atoms with Crippen LogP contribution in [-0.4, -0.2) is 188 Å². The van der Waals surface area contributed by atoms with Gasteiger partial charge >= 0.3 is 5.97 Å². The number of rotatable bonds is 17. The number of phenols is 4. The molecular weight excluding hydrogens is 1700 g/mol. The minimum Gasteiger partial charge on any atom is -0.516 e. The van der Waals surface area contributed by atoms with Gasteiger partial charge in [-0.15, -0.1) is 0 Å². The van der Waals surface area contributed by atoms with E-state index in [9.17, 15) is 80.8 Å². The van der Waals surface area contributed by atoms with Crippen molar-refractivity contribution in [2.75, 3.05) is 13.7 Å². The van der Waals surface area contributed by atoms with E-state index in [-0.39, 0.29) is 83.7 Å². The van der Waals surface area contributed by atoms with Gasteiger partial charge in [0.1, 0.15) is 113 Å². The number of benzene rings is 7. The molecule has 35 nitrogen and oxygen atoms in total. The van der Waals surface area contributed by atoms with Gasteiger partial charge in [-0.3, -0.25) is 33.6 Å². The second-order valence-corrected chi connectivity index (χ2v) is 31.4. The summed E-state index contributed by atoms with van der Waals surface area (Å²) < 4.78 is 38.6. The monoisotopic (exact) mass is 1790 g/mol. The van der Waals surface area contributed by atoms with Crippen LogP contribution in [0.3, 0.4) is 0 Å². The number of carbonyl (C=O) groups is 8. The molecular formula is C83H89Cl2N8O27Y-. The Morgan fingerprint density at radius 3 is 1.70 bits per heavy atom. The van der Waals surface area contributed by atoms with Crippen LogP contribution in [0.4, 0.5) is 0 Å². The molecule has 9 unspecified atom stereocenters. The van der Waals surface area contributed by atoms with Gasteiger partial charge in [-0.1, -0.05) is 99.8 Å². The fourth-order valence-corrected chi connectivity index (χ4v) is 15.8. The summed E-state index contributed by atoms with van der Waals surface area (Å²) in [5, 5.41) is 169. The molecule has 17 bridgehead atoms. The Morgan fingerprint density at radius 2 is 1.09 bits per heavy atom. The van der Waals surface area contributed by atoms with Crippen molar-refractivity contribution >= 4 is 70.5 Å². The second kappa shape index (κ2) is 38.5. The van der Waals surface area contributed by atoms with Crippen molar-refractivity contribution in [3.8, 4) is 80.1 Å². The Labute approximate surface area is 725 Å². The summed E-state index contributed by atoms with van der Waals surface area (Å²) in [6.45, 7) is 4.34. The minimum atomic E-state index is -2.42. The van der Waals surface area contributed by atoms with Gasteiger partial charge in [-0.05, 0) is 144 Å². The van der Waals surface area contributed by atoms with E-state index in [1.54, 1.807) is 0 Å². The summed E-state index contributed by atoms with van der Waals surface area (Å²) in [6, 6.07) is 3.82. The smallest absolute Gasteiger partial charge is 0.330 e. The summed E-state index contributed by atoms with van der Waals surface area (Å²) in [5.74, 6) is -17.8. The number of hydrogen-bond acceptors (Lipinski definition) is 27. The quantitative estimate of drug-likeness (QED) is 0.0419. The molecule has 21 N–H and O–H groups in total. The number of ether oxygens (including phenoxy) is 6. The zero-order valence-corrected chi connectivity index (χ0v) is 69.3. The SMILES string of the molecule is CN[C@H]1C(=O)N[C@H]2C(=O)N[C@H](C(=O)N[C@H]3C(=O)N[C@H]4C(=O)N[C@H](C(=O)N[C@H](C(=O)O)c5cc(O)cc(OC6CC(CO)C(O)C(O)C6O)c5-c5cc4ccc5O)[C@H](O)c4ccc(c(Cl)c4)Oc4cc3cc(c4OC3O[CH-]C(O)C(O)C3NC(=O)CCCCCCCCC(C)C)Oc3ccc(cc3Cl)[C@H]2O)c2cc(O)cc(c2)Oc2cc1ccc2O.[Y]. The number of likely N-dealkylation sites (N-methyl/N-ethyl adjacent to an activating group) is 1. The number of aliphatic hydroxyl groups excluding tert-OH is 8. The van der Waals surface area contributed by atoms with Crippen LogP contribution >= 0.6 is 23.2 Å². The molecule has 641 valence electrons. The number of carboxylic acid groups (broad SMARTS) is 1. The van der Waals surface area contributed by atoms with Crippen molar-refractivity contribution in [3.63, 3.8) is 0 Å². The first kappa shape index (κ1) is 90.0. The van der Waals surface area contributed by atoms with E-state index in [4.69, 9.17) is 51.6 Å². The molecule has 8 aliphatic rings. The molecule has 7 aromatic carbocycles. The number of carboxylic acids is 1. The van der Waals surface area contributed by atoms with Crippen LogP contribution in [0.25, 0.3) is 11.1 Å². The molecule has 0 aromatic heterocycles. The number of aliphatic carboxylic acids is 1. The third-order valence-electron chi connectivity index (χ3n) is 21.7. The third kappa shape index (κ3) is 19.8. The van der Waals surface area contributed by atoms with Crippen molar-refractivity contribution < 1.29 is 166 Å². The number of nitrogens with one attached hydrogen (secondary N) is 8. The average molecular weight is 1790 g/mol. The van der Waals surface area contributed by atoms with Crippen LogP contribution in [0.15, 0.2) is 115 Å². The minimum absolute atomic E-state index is 0. The molecule has 7 aromatic rings. The van der Waals surface area contributed by atoms with Crippen LogP contribution in [-0.2, 0) is 75.8 Å². The largest absolute Gasteiger partial charge is 0.516 e. The van der Waals surface area contributed by atoms with E-state index in [2.05, 4.69) is 56.4 Å². The molecule has 15 rings (SSSR count). The number of aromatic hydroxyl groups is 4. The molecule has 1 saturated heterocycles. The van der Waals surface area contributed by atoms with Gasteiger partial charge < -0.3 is 137 Å². The molecule has 18 atom stereocenters. The first-order chi connectivity index (χ1) is 57.2. The normalized spacial score (nSPS) is 26.6. The van der Waals surface area contributed by atoms with Gasteiger partial charge in [0.25, 0.3) is 0 Å². The number of phenolic OH excluding ortho intramolecular Hbond substituents is 4. The summed E-state index contributed by atoms with van der Waals surface area (Å²) in [5.41, 5.74) is -3.31. The van der Waals surface area contributed by atoms with Crippen LogP contribution in [0.1, 0.15) is 153 Å².